The van der Waals surface area contributed by atoms with Crippen molar-refractivity contribution >= 4 is 28.7 Å². The first kappa shape index (κ1) is 21.2. The molecule has 0 fully saturated rings. The first-order valence-corrected chi connectivity index (χ1v) is 7.99. The summed E-state index contributed by atoms with van der Waals surface area (Å²) in [4.78, 5) is 20.7. The normalized spacial score (nSPS) is 9.52. The van der Waals surface area contributed by atoms with Gasteiger partial charge < -0.3 is 20.5 Å². The molecule has 0 radical (unpaired) electrons. The molecule has 3 N–H and O–H groups in total. The molecule has 130 valence electrons. The van der Waals surface area contributed by atoms with Crippen molar-refractivity contribution < 1.29 is 19.4 Å². The van der Waals surface area contributed by atoms with E-state index in [1.807, 2.05) is 13.0 Å². The largest absolute Gasteiger partial charge is 0.478 e. The van der Waals surface area contributed by atoms with Gasteiger partial charge in [-0.25, -0.2) is 9.59 Å². The van der Waals surface area contributed by atoms with E-state index in [1.54, 1.807) is 18.2 Å². The molecule has 0 atom stereocenters. The van der Waals surface area contributed by atoms with Gasteiger partial charge in [0.2, 0.25) is 0 Å². The highest BCUT2D eigenvalue weighted by molar-refractivity contribution is 6.61. The van der Waals surface area contributed by atoms with Gasteiger partial charge in [-0.3, -0.25) is 0 Å². The van der Waals surface area contributed by atoms with E-state index in [0.29, 0.717) is 24.4 Å². The van der Waals surface area contributed by atoms with Gasteiger partial charge in [-0.05, 0) is 25.1 Å². The fourth-order valence-corrected chi connectivity index (χ4v) is 1.68. The summed E-state index contributed by atoms with van der Waals surface area (Å²) in [5.74, 6) is -0.885. The lowest BCUT2D eigenvalue weighted by Crippen LogP contribution is -2.19. The van der Waals surface area contributed by atoms with Gasteiger partial charge >= 0.3 is 11.4 Å². The second kappa shape index (κ2) is 13.8. The highest BCUT2D eigenvalue weighted by Crippen LogP contribution is 2.14. The average molecular weight is 345 g/mol. The maximum atomic E-state index is 10.8. The minimum absolute atomic E-state index is 0.337. The smallest absolute Gasteiger partial charge is 0.403 e. The molecule has 0 heterocycles. The standard InChI is InChI=1S/C11H15NO2.C5H10ClNO2/c1-2-3-8-12-10-7-5-4-6-9(10)11(13)14;1-2-7-3-4-9-5(6)8/h4-7,12H,2-3,8H2,1H3,(H,13,14);7H,2-4H2,1H3. The number of benzene rings is 1. The quantitative estimate of drug-likeness (QED) is 0.469. The molecule has 0 saturated carbocycles. The van der Waals surface area contributed by atoms with Crippen molar-refractivity contribution in [3.8, 4) is 0 Å². The van der Waals surface area contributed by atoms with Crippen LogP contribution in [0, 0.1) is 0 Å². The van der Waals surface area contributed by atoms with Gasteiger partial charge in [0, 0.05) is 30.4 Å². The Labute approximate surface area is 142 Å². The molecule has 23 heavy (non-hydrogen) atoms. The van der Waals surface area contributed by atoms with E-state index in [0.717, 1.165) is 25.9 Å². The fourth-order valence-electron chi connectivity index (χ4n) is 1.60. The lowest BCUT2D eigenvalue weighted by Gasteiger charge is -2.08. The van der Waals surface area contributed by atoms with Crippen LogP contribution in [0.2, 0.25) is 0 Å². The van der Waals surface area contributed by atoms with Crippen molar-refractivity contribution in [1.82, 2.24) is 5.32 Å². The Balaban J connectivity index is 0.000000468. The number of unbranched alkanes of at least 4 members (excludes halogenated alkanes) is 1. The van der Waals surface area contributed by atoms with Crippen molar-refractivity contribution in [3.05, 3.63) is 29.8 Å². The maximum absolute atomic E-state index is 10.8. The summed E-state index contributed by atoms with van der Waals surface area (Å²) in [5.41, 5.74) is 0.296. The molecule has 0 aromatic heterocycles. The van der Waals surface area contributed by atoms with E-state index >= 15 is 0 Å². The van der Waals surface area contributed by atoms with E-state index in [9.17, 15) is 9.59 Å². The maximum Gasteiger partial charge on any atom is 0.403 e. The Hall–Kier alpha value is -1.79. The van der Waals surface area contributed by atoms with Gasteiger partial charge in [0.15, 0.2) is 0 Å². The van der Waals surface area contributed by atoms with Crippen LogP contribution in [0.25, 0.3) is 0 Å². The van der Waals surface area contributed by atoms with Crippen molar-refractivity contribution in [2.45, 2.75) is 26.7 Å². The summed E-state index contributed by atoms with van der Waals surface area (Å²) in [7, 11) is 0. The van der Waals surface area contributed by atoms with Gasteiger partial charge in [-0.1, -0.05) is 32.4 Å². The monoisotopic (exact) mass is 344 g/mol. The average Bonchev–Trinajstić information content (AvgIpc) is 2.53. The third kappa shape index (κ3) is 11.4. The molecular formula is C16H25ClN2O4. The zero-order valence-corrected chi connectivity index (χ0v) is 14.4. The third-order valence-electron chi connectivity index (χ3n) is 2.75. The first-order valence-electron chi connectivity index (χ1n) is 7.62. The van der Waals surface area contributed by atoms with E-state index in [2.05, 4.69) is 22.3 Å². The van der Waals surface area contributed by atoms with Gasteiger partial charge in [0.25, 0.3) is 0 Å². The Morgan fingerprint density at radius 1 is 1.22 bits per heavy atom. The molecule has 0 unspecified atom stereocenters. The molecule has 1 aromatic carbocycles. The first-order chi connectivity index (χ1) is 11.0. The second-order valence-corrected chi connectivity index (χ2v) is 4.88. The van der Waals surface area contributed by atoms with E-state index in [1.165, 1.54) is 0 Å². The predicted molar refractivity (Wildman–Crippen MR) is 92.5 cm³/mol. The minimum atomic E-state index is -0.885. The Kier molecular flexibility index (Phi) is 12.8. The molecule has 0 saturated heterocycles. The Morgan fingerprint density at radius 2 is 1.91 bits per heavy atom. The van der Waals surface area contributed by atoms with Gasteiger partial charge in [-0.15, -0.1) is 0 Å². The van der Waals surface area contributed by atoms with Crippen LogP contribution in [0.4, 0.5) is 10.5 Å². The Morgan fingerprint density at radius 3 is 2.48 bits per heavy atom. The number of para-hydroxylation sites is 1. The van der Waals surface area contributed by atoms with Crippen LogP contribution < -0.4 is 10.6 Å². The number of carbonyl (C=O) groups is 2. The molecule has 0 spiro atoms. The summed E-state index contributed by atoms with van der Waals surface area (Å²) in [5, 5.41) is 15.0. The number of aromatic carboxylic acids is 1. The summed E-state index contributed by atoms with van der Waals surface area (Å²) in [6.45, 7) is 6.78. The highest BCUT2D eigenvalue weighted by atomic mass is 35.5. The number of carboxylic acid groups (broad SMARTS) is 1. The number of nitrogens with one attached hydrogen (secondary N) is 2. The molecule has 0 aliphatic carbocycles. The van der Waals surface area contributed by atoms with Crippen molar-refractivity contribution in [2.24, 2.45) is 0 Å². The summed E-state index contributed by atoms with van der Waals surface area (Å²) < 4.78 is 4.41. The van der Waals surface area contributed by atoms with Crippen molar-refractivity contribution in [2.75, 3.05) is 31.6 Å². The SMILES string of the molecule is CCCCNc1ccccc1C(=O)O.CCNCCOC(=O)Cl. The number of halogens is 1. The number of anilines is 1. The number of ether oxygens (including phenoxy) is 1. The summed E-state index contributed by atoms with van der Waals surface area (Å²) in [6.07, 6.45) is 2.15. The minimum Gasteiger partial charge on any atom is -0.478 e. The zero-order chi connectivity index (χ0) is 17.5. The summed E-state index contributed by atoms with van der Waals surface area (Å²) in [6, 6.07) is 6.96. The molecule has 0 bridgehead atoms. The number of carbonyl (C=O) groups excluding carboxylic acids is 1. The molecule has 6 nitrogen and oxygen atoms in total. The zero-order valence-electron chi connectivity index (χ0n) is 13.6. The van der Waals surface area contributed by atoms with E-state index in [-0.39, 0.29) is 0 Å². The molecule has 7 heteroatoms. The van der Waals surface area contributed by atoms with Gasteiger partial charge in [-0.2, -0.15) is 0 Å². The van der Waals surface area contributed by atoms with Crippen molar-refractivity contribution in [3.63, 3.8) is 0 Å². The van der Waals surface area contributed by atoms with Gasteiger partial charge in [0.05, 0.1) is 5.56 Å². The summed E-state index contributed by atoms with van der Waals surface area (Å²) >= 11 is 4.87. The molecular weight excluding hydrogens is 320 g/mol. The van der Waals surface area contributed by atoms with Crippen LogP contribution in [-0.4, -0.2) is 42.7 Å². The lowest BCUT2D eigenvalue weighted by atomic mass is 10.2. The van der Waals surface area contributed by atoms with Crippen LogP contribution in [0.5, 0.6) is 0 Å². The van der Waals surface area contributed by atoms with E-state index < -0.39 is 11.4 Å². The number of hydrogen-bond donors (Lipinski definition) is 3. The Bertz CT molecular complexity index is 469. The highest BCUT2D eigenvalue weighted by Gasteiger charge is 2.07. The topological polar surface area (TPSA) is 87.7 Å². The number of likely N-dealkylation sites (N-methyl/N-ethyl adjacent to an activating group) is 1. The molecule has 1 rings (SSSR count). The van der Waals surface area contributed by atoms with Crippen LogP contribution >= 0.6 is 11.6 Å². The van der Waals surface area contributed by atoms with Crippen LogP contribution in [-0.2, 0) is 4.74 Å². The van der Waals surface area contributed by atoms with Gasteiger partial charge in [0.1, 0.15) is 6.61 Å². The fraction of sp³-hybridized carbons (Fsp3) is 0.500. The van der Waals surface area contributed by atoms with Crippen LogP contribution in [0.15, 0.2) is 24.3 Å². The second-order valence-electron chi connectivity index (χ2n) is 4.57. The van der Waals surface area contributed by atoms with Crippen LogP contribution in [0.3, 0.4) is 0 Å². The van der Waals surface area contributed by atoms with Crippen molar-refractivity contribution in [1.29, 1.82) is 0 Å². The lowest BCUT2D eigenvalue weighted by molar-refractivity contribution is 0.0698. The predicted octanol–water partition coefficient (Wildman–Crippen LogP) is 3.57. The van der Waals surface area contributed by atoms with E-state index in [4.69, 9.17) is 16.7 Å². The third-order valence-corrected chi connectivity index (χ3v) is 2.86. The van der Waals surface area contributed by atoms with Crippen LogP contribution in [0.1, 0.15) is 37.0 Å². The number of hydrogen-bond acceptors (Lipinski definition) is 5. The molecule has 0 amide bonds. The molecule has 1 aromatic rings. The number of carboxylic acids is 1. The number of rotatable bonds is 9. The molecule has 0 aliphatic rings. The molecule has 0 aliphatic heterocycles.